The summed E-state index contributed by atoms with van der Waals surface area (Å²) in [6, 6.07) is 8.05. The fourth-order valence-electron chi connectivity index (χ4n) is 2.97. The van der Waals surface area contributed by atoms with E-state index >= 15 is 0 Å². The van der Waals surface area contributed by atoms with Crippen molar-refractivity contribution in [1.82, 2.24) is 25.0 Å². The van der Waals surface area contributed by atoms with E-state index < -0.39 is 0 Å². The highest BCUT2D eigenvalue weighted by Gasteiger charge is 2.19. The molecule has 2 aromatic rings. The molecule has 1 N–H and O–H groups in total. The molecule has 0 bridgehead atoms. The molecule has 7 heteroatoms. The number of aryl methyl sites for hydroxylation is 1. The van der Waals surface area contributed by atoms with Crippen LogP contribution in [0.3, 0.4) is 0 Å². The molecule has 7 nitrogen and oxygen atoms in total. The summed E-state index contributed by atoms with van der Waals surface area (Å²) in [5, 5.41) is 6.95. The SMILES string of the molecule is O=C(CCCn1cncn1)NCc1cccc(CN2CCCC2=O)c1. The van der Waals surface area contributed by atoms with E-state index in [0.717, 1.165) is 30.5 Å². The Bertz CT molecular complexity index is 714. The van der Waals surface area contributed by atoms with Crippen molar-refractivity contribution in [3.8, 4) is 0 Å². The Morgan fingerprint density at radius 2 is 2.16 bits per heavy atom. The molecule has 1 aliphatic heterocycles. The van der Waals surface area contributed by atoms with Gasteiger partial charge in [0, 0.05) is 39.0 Å². The minimum absolute atomic E-state index is 0.0280. The first-order valence-electron chi connectivity index (χ1n) is 8.65. The maximum atomic E-state index is 11.9. The Morgan fingerprint density at radius 1 is 1.28 bits per heavy atom. The topological polar surface area (TPSA) is 80.1 Å². The molecule has 0 unspecified atom stereocenters. The molecule has 1 saturated heterocycles. The van der Waals surface area contributed by atoms with Crippen LogP contribution in [0.15, 0.2) is 36.9 Å². The van der Waals surface area contributed by atoms with Gasteiger partial charge in [0.2, 0.25) is 11.8 Å². The van der Waals surface area contributed by atoms with Crippen molar-refractivity contribution in [1.29, 1.82) is 0 Å². The van der Waals surface area contributed by atoms with E-state index in [1.807, 2.05) is 23.1 Å². The van der Waals surface area contributed by atoms with Crippen LogP contribution in [0.1, 0.15) is 36.8 Å². The smallest absolute Gasteiger partial charge is 0.222 e. The summed E-state index contributed by atoms with van der Waals surface area (Å²) in [6.45, 7) is 2.68. The molecule has 25 heavy (non-hydrogen) atoms. The van der Waals surface area contributed by atoms with Gasteiger partial charge in [-0.25, -0.2) is 4.98 Å². The van der Waals surface area contributed by atoms with E-state index in [-0.39, 0.29) is 11.8 Å². The van der Waals surface area contributed by atoms with Crippen molar-refractivity contribution in [2.24, 2.45) is 0 Å². The van der Waals surface area contributed by atoms with Crippen molar-refractivity contribution in [3.63, 3.8) is 0 Å². The quantitative estimate of drug-likeness (QED) is 0.789. The van der Waals surface area contributed by atoms with Crippen LogP contribution in [0.4, 0.5) is 0 Å². The van der Waals surface area contributed by atoms with Crippen molar-refractivity contribution in [2.75, 3.05) is 6.54 Å². The lowest BCUT2D eigenvalue weighted by molar-refractivity contribution is -0.128. The first-order chi connectivity index (χ1) is 12.2. The summed E-state index contributed by atoms with van der Waals surface area (Å²) in [4.78, 5) is 29.4. The first-order valence-corrected chi connectivity index (χ1v) is 8.65. The fraction of sp³-hybridized carbons (Fsp3) is 0.444. The average molecular weight is 341 g/mol. The number of hydrogen-bond donors (Lipinski definition) is 1. The van der Waals surface area contributed by atoms with Gasteiger partial charge in [-0.3, -0.25) is 14.3 Å². The van der Waals surface area contributed by atoms with E-state index in [2.05, 4.69) is 21.5 Å². The predicted octanol–water partition coefficient (Wildman–Crippen LogP) is 1.50. The number of amides is 2. The standard InChI is InChI=1S/C18H23N5O2/c24-17(6-2-9-23-14-19-13-21-23)20-11-15-4-1-5-16(10-15)12-22-8-3-7-18(22)25/h1,4-5,10,13-14H,2-3,6-9,11-12H2,(H,20,24). The second-order valence-electron chi connectivity index (χ2n) is 6.28. The Balaban J connectivity index is 1.42. The van der Waals surface area contributed by atoms with Crippen LogP contribution in [0, 0.1) is 0 Å². The summed E-state index contributed by atoms with van der Waals surface area (Å²) in [6.07, 6.45) is 5.93. The number of rotatable bonds is 8. The summed E-state index contributed by atoms with van der Waals surface area (Å²) < 4.78 is 1.72. The van der Waals surface area contributed by atoms with Crippen LogP contribution in [-0.2, 0) is 29.2 Å². The summed E-state index contributed by atoms with van der Waals surface area (Å²) in [5.41, 5.74) is 2.15. The highest BCUT2D eigenvalue weighted by atomic mass is 16.2. The van der Waals surface area contributed by atoms with Gasteiger partial charge in [0.25, 0.3) is 0 Å². The molecule has 0 spiro atoms. The Hall–Kier alpha value is -2.70. The zero-order valence-corrected chi connectivity index (χ0v) is 14.2. The molecule has 1 fully saturated rings. The molecule has 2 amide bonds. The number of carbonyl (C=O) groups excluding carboxylic acids is 2. The monoisotopic (exact) mass is 341 g/mol. The lowest BCUT2D eigenvalue weighted by Crippen LogP contribution is -2.24. The van der Waals surface area contributed by atoms with Crippen LogP contribution >= 0.6 is 0 Å². The Labute approximate surface area is 147 Å². The van der Waals surface area contributed by atoms with Gasteiger partial charge >= 0.3 is 0 Å². The normalized spacial score (nSPS) is 14.1. The van der Waals surface area contributed by atoms with Crippen LogP contribution < -0.4 is 5.32 Å². The molecule has 132 valence electrons. The van der Waals surface area contributed by atoms with Crippen LogP contribution in [0.5, 0.6) is 0 Å². The second kappa shape index (κ2) is 8.41. The average Bonchev–Trinajstić information content (AvgIpc) is 3.26. The second-order valence-corrected chi connectivity index (χ2v) is 6.28. The van der Waals surface area contributed by atoms with E-state index in [4.69, 9.17) is 0 Å². The first kappa shape index (κ1) is 17.1. The number of likely N-dealkylation sites (tertiary alicyclic amines) is 1. The van der Waals surface area contributed by atoms with Crippen molar-refractivity contribution in [2.45, 2.75) is 45.3 Å². The lowest BCUT2D eigenvalue weighted by Gasteiger charge is -2.16. The van der Waals surface area contributed by atoms with Gasteiger partial charge in [-0.1, -0.05) is 24.3 Å². The zero-order valence-electron chi connectivity index (χ0n) is 14.2. The predicted molar refractivity (Wildman–Crippen MR) is 92.2 cm³/mol. The zero-order chi connectivity index (χ0) is 17.5. The third-order valence-electron chi connectivity index (χ3n) is 4.28. The molecule has 3 rings (SSSR count). The Kier molecular flexibility index (Phi) is 5.77. The molecule has 0 radical (unpaired) electrons. The number of nitrogens with one attached hydrogen (secondary N) is 1. The van der Waals surface area contributed by atoms with Crippen molar-refractivity contribution < 1.29 is 9.59 Å². The number of nitrogens with zero attached hydrogens (tertiary/aromatic N) is 4. The van der Waals surface area contributed by atoms with Crippen LogP contribution in [-0.4, -0.2) is 38.0 Å². The molecule has 2 heterocycles. The third-order valence-corrected chi connectivity index (χ3v) is 4.28. The van der Waals surface area contributed by atoms with E-state index in [0.29, 0.717) is 32.5 Å². The molecular formula is C18H23N5O2. The summed E-state index contributed by atoms with van der Waals surface area (Å²) >= 11 is 0. The lowest BCUT2D eigenvalue weighted by atomic mass is 10.1. The molecule has 0 atom stereocenters. The van der Waals surface area contributed by atoms with E-state index in [1.54, 1.807) is 11.0 Å². The minimum Gasteiger partial charge on any atom is -0.352 e. The highest BCUT2D eigenvalue weighted by molar-refractivity contribution is 5.78. The number of hydrogen-bond acceptors (Lipinski definition) is 4. The minimum atomic E-state index is 0.0280. The molecule has 0 saturated carbocycles. The van der Waals surface area contributed by atoms with Gasteiger partial charge in [-0.05, 0) is 24.0 Å². The Morgan fingerprint density at radius 3 is 2.92 bits per heavy atom. The number of carbonyl (C=O) groups is 2. The molecular weight excluding hydrogens is 318 g/mol. The van der Waals surface area contributed by atoms with E-state index in [1.165, 1.54) is 6.33 Å². The fourth-order valence-corrected chi connectivity index (χ4v) is 2.97. The molecule has 0 aliphatic carbocycles. The van der Waals surface area contributed by atoms with Crippen molar-refractivity contribution >= 4 is 11.8 Å². The summed E-state index contributed by atoms with van der Waals surface area (Å²) in [5.74, 6) is 0.256. The largest absolute Gasteiger partial charge is 0.352 e. The molecule has 1 aromatic carbocycles. The van der Waals surface area contributed by atoms with E-state index in [9.17, 15) is 9.59 Å². The van der Waals surface area contributed by atoms with Gasteiger partial charge in [0.05, 0.1) is 0 Å². The molecule has 1 aromatic heterocycles. The van der Waals surface area contributed by atoms with Gasteiger partial charge in [-0.2, -0.15) is 5.10 Å². The maximum Gasteiger partial charge on any atom is 0.222 e. The number of benzene rings is 1. The highest BCUT2D eigenvalue weighted by Crippen LogP contribution is 2.15. The maximum absolute atomic E-state index is 11.9. The van der Waals surface area contributed by atoms with Gasteiger partial charge in [0.1, 0.15) is 12.7 Å². The van der Waals surface area contributed by atoms with Gasteiger partial charge in [-0.15, -0.1) is 0 Å². The molecule has 1 aliphatic rings. The van der Waals surface area contributed by atoms with Crippen molar-refractivity contribution in [3.05, 3.63) is 48.0 Å². The number of aromatic nitrogens is 3. The van der Waals surface area contributed by atoms with Gasteiger partial charge in [0.15, 0.2) is 0 Å². The van der Waals surface area contributed by atoms with Gasteiger partial charge < -0.3 is 10.2 Å². The summed E-state index contributed by atoms with van der Waals surface area (Å²) in [7, 11) is 0. The van der Waals surface area contributed by atoms with Crippen LogP contribution in [0.25, 0.3) is 0 Å². The third kappa shape index (κ3) is 5.14. The van der Waals surface area contributed by atoms with Crippen LogP contribution in [0.2, 0.25) is 0 Å².